The second-order valence-corrected chi connectivity index (χ2v) is 4.89. The molecule has 0 unspecified atom stereocenters. The van der Waals surface area contributed by atoms with Gasteiger partial charge in [0.25, 0.3) is 0 Å². The average molecular weight is 243 g/mol. The van der Waals surface area contributed by atoms with Gasteiger partial charge in [-0.2, -0.15) is 0 Å². The van der Waals surface area contributed by atoms with Gasteiger partial charge in [-0.3, -0.25) is 0 Å². The Morgan fingerprint density at radius 1 is 1.44 bits per heavy atom. The number of hydrogen-bond donors (Lipinski definition) is 2. The van der Waals surface area contributed by atoms with Crippen LogP contribution < -0.4 is 9.46 Å². The molecule has 2 N–H and O–H groups in total. The largest absolute Gasteiger partial charge is 0.491 e. The highest BCUT2D eigenvalue weighted by Crippen LogP contribution is 2.28. The Bertz CT molecular complexity index is 537. The molecule has 1 aliphatic heterocycles. The van der Waals surface area contributed by atoms with Crippen LogP contribution in [0.4, 0.5) is 0 Å². The first-order chi connectivity index (χ1) is 7.52. The number of rotatable bonds is 1. The van der Waals surface area contributed by atoms with Crippen LogP contribution in [0.3, 0.4) is 0 Å². The predicted octanol–water partition coefficient (Wildman–Crippen LogP) is 0.0555. The summed E-state index contributed by atoms with van der Waals surface area (Å²) < 4.78 is 31.0. The van der Waals surface area contributed by atoms with E-state index in [1.54, 1.807) is 0 Å². The second-order valence-electron chi connectivity index (χ2n) is 3.18. The molecule has 6 nitrogen and oxygen atoms in total. The second kappa shape index (κ2) is 3.76. The zero-order chi connectivity index (χ0) is 11.8. The lowest BCUT2D eigenvalue weighted by Gasteiger charge is -2.08. The lowest BCUT2D eigenvalue weighted by Crippen LogP contribution is -2.26. The van der Waals surface area contributed by atoms with E-state index in [1.807, 2.05) is 0 Å². The summed E-state index contributed by atoms with van der Waals surface area (Å²) in [6, 6.07) is 4.12. The van der Waals surface area contributed by atoms with E-state index in [0.29, 0.717) is 0 Å². The molecule has 86 valence electrons. The predicted molar refractivity (Wildman–Crippen MR) is 54.1 cm³/mol. The lowest BCUT2D eigenvalue weighted by molar-refractivity contribution is 0.0692. The fourth-order valence-corrected chi connectivity index (χ4v) is 2.82. The molecular weight excluding hydrogens is 234 g/mol. The molecule has 0 aromatic heterocycles. The number of hydrogen-bond acceptors (Lipinski definition) is 4. The molecule has 0 fully saturated rings. The normalized spacial score (nSPS) is 18.0. The summed E-state index contributed by atoms with van der Waals surface area (Å²) in [5, 5.41) is 8.92. The SMILES string of the molecule is O=C(O)c1cccc2c1S(=O)(=O)NCCO2. The zero-order valence-electron chi connectivity index (χ0n) is 8.13. The maximum absolute atomic E-state index is 11.8. The number of ether oxygens (including phenoxy) is 1. The Morgan fingerprint density at radius 2 is 2.19 bits per heavy atom. The topological polar surface area (TPSA) is 92.7 Å². The van der Waals surface area contributed by atoms with Gasteiger partial charge in [-0.25, -0.2) is 17.9 Å². The van der Waals surface area contributed by atoms with Gasteiger partial charge in [-0.15, -0.1) is 0 Å². The van der Waals surface area contributed by atoms with Crippen LogP contribution in [-0.2, 0) is 10.0 Å². The van der Waals surface area contributed by atoms with Crippen molar-refractivity contribution >= 4 is 16.0 Å². The van der Waals surface area contributed by atoms with Crippen molar-refractivity contribution in [2.75, 3.05) is 13.2 Å². The molecule has 0 saturated heterocycles. The van der Waals surface area contributed by atoms with Crippen molar-refractivity contribution in [3.63, 3.8) is 0 Å². The van der Waals surface area contributed by atoms with E-state index in [1.165, 1.54) is 18.2 Å². The minimum absolute atomic E-state index is 0.0740. The maximum atomic E-state index is 11.8. The Labute approximate surface area is 91.9 Å². The molecule has 0 saturated carbocycles. The van der Waals surface area contributed by atoms with Crippen LogP contribution in [-0.4, -0.2) is 32.6 Å². The van der Waals surface area contributed by atoms with Crippen molar-refractivity contribution in [1.82, 2.24) is 4.72 Å². The number of carbonyl (C=O) groups is 1. The van der Waals surface area contributed by atoms with Crippen LogP contribution in [0.25, 0.3) is 0 Å². The van der Waals surface area contributed by atoms with E-state index in [-0.39, 0.29) is 29.4 Å². The first-order valence-electron chi connectivity index (χ1n) is 4.51. The van der Waals surface area contributed by atoms with E-state index in [4.69, 9.17) is 9.84 Å². The third kappa shape index (κ3) is 1.74. The average Bonchev–Trinajstić information content (AvgIpc) is 2.37. The number of sulfonamides is 1. The van der Waals surface area contributed by atoms with E-state index in [2.05, 4.69) is 4.72 Å². The van der Waals surface area contributed by atoms with E-state index >= 15 is 0 Å². The molecule has 0 bridgehead atoms. The van der Waals surface area contributed by atoms with Crippen molar-refractivity contribution < 1.29 is 23.1 Å². The van der Waals surface area contributed by atoms with Crippen molar-refractivity contribution in [2.24, 2.45) is 0 Å². The summed E-state index contributed by atoms with van der Waals surface area (Å²) in [7, 11) is -3.81. The van der Waals surface area contributed by atoms with E-state index in [0.717, 1.165) is 0 Å². The molecule has 0 aliphatic carbocycles. The van der Waals surface area contributed by atoms with Gasteiger partial charge >= 0.3 is 5.97 Å². The number of benzene rings is 1. The maximum Gasteiger partial charge on any atom is 0.337 e. The minimum Gasteiger partial charge on any atom is -0.491 e. The number of carboxylic acid groups (broad SMARTS) is 1. The van der Waals surface area contributed by atoms with Gasteiger partial charge in [-0.05, 0) is 12.1 Å². The van der Waals surface area contributed by atoms with Crippen molar-refractivity contribution in [2.45, 2.75) is 4.90 Å². The van der Waals surface area contributed by atoms with Crippen LogP contribution in [0.1, 0.15) is 10.4 Å². The first-order valence-corrected chi connectivity index (χ1v) is 5.99. The van der Waals surface area contributed by atoms with Crippen LogP contribution in [0.5, 0.6) is 5.75 Å². The van der Waals surface area contributed by atoms with Gasteiger partial charge in [0, 0.05) is 6.54 Å². The summed E-state index contributed by atoms with van der Waals surface area (Å²) in [5.41, 5.74) is -0.285. The summed E-state index contributed by atoms with van der Waals surface area (Å²) >= 11 is 0. The number of carboxylic acids is 1. The first kappa shape index (κ1) is 10.9. The monoisotopic (exact) mass is 243 g/mol. The van der Waals surface area contributed by atoms with Gasteiger partial charge < -0.3 is 9.84 Å². The molecule has 1 heterocycles. The zero-order valence-corrected chi connectivity index (χ0v) is 8.95. The molecule has 1 aromatic carbocycles. The van der Waals surface area contributed by atoms with Gasteiger partial charge in [0.05, 0.1) is 5.56 Å². The molecule has 0 atom stereocenters. The summed E-state index contributed by atoms with van der Waals surface area (Å²) in [6.45, 7) is 0.297. The molecule has 1 aromatic rings. The van der Waals surface area contributed by atoms with Crippen LogP contribution in [0, 0.1) is 0 Å². The Morgan fingerprint density at radius 3 is 2.88 bits per heavy atom. The Hall–Kier alpha value is -1.60. The molecule has 0 amide bonds. The summed E-state index contributed by atoms with van der Waals surface area (Å²) in [6.07, 6.45) is 0. The quantitative estimate of drug-likeness (QED) is 0.727. The van der Waals surface area contributed by atoms with Crippen molar-refractivity contribution in [3.8, 4) is 5.75 Å². The number of nitrogens with one attached hydrogen (secondary N) is 1. The molecule has 7 heteroatoms. The van der Waals surface area contributed by atoms with Crippen molar-refractivity contribution in [3.05, 3.63) is 23.8 Å². The van der Waals surface area contributed by atoms with Gasteiger partial charge in [0.2, 0.25) is 10.0 Å². The molecule has 0 spiro atoms. The fourth-order valence-electron chi connectivity index (χ4n) is 1.48. The van der Waals surface area contributed by atoms with Crippen molar-refractivity contribution in [1.29, 1.82) is 0 Å². The molecular formula is C9H9NO5S. The standard InChI is InChI=1S/C9H9NO5S/c11-9(12)6-2-1-3-7-8(6)16(13,14)10-4-5-15-7/h1-3,10H,4-5H2,(H,11,12). The molecule has 1 aliphatic rings. The van der Waals surface area contributed by atoms with Gasteiger partial charge in [0.15, 0.2) is 0 Å². The highest BCUT2D eigenvalue weighted by Gasteiger charge is 2.28. The smallest absolute Gasteiger partial charge is 0.337 e. The highest BCUT2D eigenvalue weighted by atomic mass is 32.2. The van der Waals surface area contributed by atoms with Crippen LogP contribution >= 0.6 is 0 Å². The van der Waals surface area contributed by atoms with Gasteiger partial charge in [-0.1, -0.05) is 6.07 Å². The molecule has 16 heavy (non-hydrogen) atoms. The third-order valence-corrected chi connectivity index (χ3v) is 3.67. The molecule has 0 radical (unpaired) electrons. The van der Waals surface area contributed by atoms with Crippen LogP contribution in [0.15, 0.2) is 23.1 Å². The summed E-state index contributed by atoms with van der Waals surface area (Å²) in [5.74, 6) is -1.22. The number of fused-ring (bicyclic) bond motifs is 1. The van der Waals surface area contributed by atoms with Crippen LogP contribution in [0.2, 0.25) is 0 Å². The molecule has 2 rings (SSSR count). The fraction of sp³-hybridized carbons (Fsp3) is 0.222. The summed E-state index contributed by atoms with van der Waals surface area (Å²) in [4.78, 5) is 10.6. The third-order valence-electron chi connectivity index (χ3n) is 2.13. The minimum atomic E-state index is -3.81. The lowest BCUT2D eigenvalue weighted by atomic mass is 10.2. The number of aromatic carboxylic acids is 1. The Balaban J connectivity index is 2.75. The Kier molecular flexibility index (Phi) is 2.56. The highest BCUT2D eigenvalue weighted by molar-refractivity contribution is 7.89. The van der Waals surface area contributed by atoms with Gasteiger partial charge in [0.1, 0.15) is 17.3 Å². The van der Waals surface area contributed by atoms with E-state index in [9.17, 15) is 13.2 Å². The van der Waals surface area contributed by atoms with E-state index < -0.39 is 16.0 Å².